The fourth-order valence-electron chi connectivity index (χ4n) is 4.05. The highest BCUT2D eigenvalue weighted by molar-refractivity contribution is 7.98. The van der Waals surface area contributed by atoms with Crippen molar-refractivity contribution in [3.8, 4) is 0 Å². The smallest absolute Gasteiger partial charge is 0.350 e. The van der Waals surface area contributed by atoms with E-state index in [0.29, 0.717) is 15.9 Å². The molecule has 0 aromatic heterocycles. The molecule has 1 N–H and O–H groups in total. The van der Waals surface area contributed by atoms with Crippen molar-refractivity contribution < 1.29 is 32.0 Å². The van der Waals surface area contributed by atoms with Gasteiger partial charge in [0, 0.05) is 0 Å². The van der Waals surface area contributed by atoms with Crippen molar-refractivity contribution in [3.05, 3.63) is 91.0 Å². The Morgan fingerprint density at radius 1 is 0.697 bits per heavy atom. The minimum Gasteiger partial charge on any atom is -0.468 e. The second-order valence-corrected chi connectivity index (χ2v) is 12.2. The van der Waals surface area contributed by atoms with Gasteiger partial charge in [-0.25, -0.2) is 4.79 Å². The summed E-state index contributed by atoms with van der Waals surface area (Å²) in [5, 5.41) is -0.301. The quantitative estimate of drug-likeness (QED) is 0.294. The van der Waals surface area contributed by atoms with Gasteiger partial charge in [0.25, 0.3) is 10.1 Å². The predicted octanol–water partition coefficient (Wildman–Crippen LogP) is 1.95. The normalized spacial score (nSPS) is 13.5. The summed E-state index contributed by atoms with van der Waals surface area (Å²) >= 11 is 0. The Bertz CT molecular complexity index is 1100. The highest BCUT2D eigenvalue weighted by Gasteiger charge is 2.64. The molecule has 0 aliphatic rings. The molecule has 172 valence electrons. The molecule has 0 amide bonds. The molecule has 0 spiro atoms. The predicted molar refractivity (Wildman–Crippen MR) is 128 cm³/mol. The molecule has 0 aliphatic carbocycles. The summed E-state index contributed by atoms with van der Waals surface area (Å²) in [6.45, 7) is 0. The van der Waals surface area contributed by atoms with Crippen LogP contribution in [-0.2, 0) is 29.2 Å². The average molecular weight is 487 g/mol. The Labute approximate surface area is 193 Å². The van der Waals surface area contributed by atoms with Crippen molar-refractivity contribution in [1.82, 2.24) is 0 Å². The highest BCUT2D eigenvalue weighted by atomic mass is 32.2. The monoisotopic (exact) mass is 487 g/mol. The molecule has 3 rings (SSSR count). The molecule has 0 radical (unpaired) electrons. The Morgan fingerprint density at radius 3 is 1.30 bits per heavy atom. The van der Waals surface area contributed by atoms with Gasteiger partial charge in [-0.1, -0.05) is 54.6 Å². The number of benzene rings is 3. The molecule has 33 heavy (non-hydrogen) atoms. The zero-order valence-corrected chi connectivity index (χ0v) is 19.8. The van der Waals surface area contributed by atoms with Crippen LogP contribution in [0.4, 0.5) is 0 Å². The molecule has 3 aromatic carbocycles. The Balaban J connectivity index is 2.57. The maximum Gasteiger partial charge on any atom is 0.350 e. The van der Waals surface area contributed by atoms with Gasteiger partial charge in [-0.3, -0.25) is 9.35 Å². The van der Waals surface area contributed by atoms with E-state index in [0.717, 1.165) is 14.2 Å². The lowest BCUT2D eigenvalue weighted by Crippen LogP contribution is -2.54. The SMILES string of the molecule is COC(=O)C(C(C(=O)OC)S(=O)(=O)O)[P+](c1ccccc1)(c1ccccc1)c1ccccc1. The summed E-state index contributed by atoms with van der Waals surface area (Å²) in [6, 6.07) is 26.7. The van der Waals surface area contributed by atoms with E-state index in [9.17, 15) is 22.6 Å². The number of esters is 2. The largest absolute Gasteiger partial charge is 0.468 e. The minimum atomic E-state index is -5.09. The van der Waals surface area contributed by atoms with Crippen molar-refractivity contribution >= 4 is 45.2 Å². The zero-order chi connectivity index (χ0) is 24.1. The first-order valence-electron chi connectivity index (χ1n) is 9.96. The van der Waals surface area contributed by atoms with E-state index >= 15 is 0 Å². The molecule has 9 heteroatoms. The third-order valence-corrected chi connectivity index (χ3v) is 11.4. The molecule has 0 heterocycles. The average Bonchev–Trinajstić information content (AvgIpc) is 2.84. The fraction of sp³-hybridized carbons (Fsp3) is 0.167. The van der Waals surface area contributed by atoms with E-state index in [-0.39, 0.29) is 0 Å². The maximum absolute atomic E-state index is 13.4. The molecular weight excluding hydrogens is 463 g/mol. The molecule has 3 aromatic rings. The summed E-state index contributed by atoms with van der Waals surface area (Å²) in [5.41, 5.74) is -1.61. The summed E-state index contributed by atoms with van der Waals surface area (Å²) in [6.07, 6.45) is 0. The van der Waals surface area contributed by atoms with E-state index in [1.54, 1.807) is 91.0 Å². The van der Waals surface area contributed by atoms with Crippen LogP contribution in [0.3, 0.4) is 0 Å². The van der Waals surface area contributed by atoms with Crippen LogP contribution in [0.15, 0.2) is 91.0 Å². The van der Waals surface area contributed by atoms with Gasteiger partial charge >= 0.3 is 11.9 Å². The van der Waals surface area contributed by atoms with Gasteiger partial charge in [-0.05, 0) is 36.4 Å². The van der Waals surface area contributed by atoms with Crippen LogP contribution in [0.1, 0.15) is 0 Å². The standard InChI is InChI=1S/C24H23O7PS/c1-30-23(25)21(22(24(26)31-2)33(27,28)29)32(18-12-6-3-7-13-18,19-14-8-4-9-15-19)20-16-10-5-11-17-20/h3-17,21-22H,1-2H3/p+1. The summed E-state index contributed by atoms with van der Waals surface area (Å²) in [4.78, 5) is 26.2. The van der Waals surface area contributed by atoms with Crippen molar-refractivity contribution in [2.45, 2.75) is 10.9 Å². The minimum absolute atomic E-state index is 0.635. The van der Waals surface area contributed by atoms with Gasteiger partial charge in [0.2, 0.25) is 10.9 Å². The highest BCUT2D eigenvalue weighted by Crippen LogP contribution is 2.61. The first kappa shape index (κ1) is 24.6. The van der Waals surface area contributed by atoms with Gasteiger partial charge in [-0.15, -0.1) is 0 Å². The van der Waals surface area contributed by atoms with Crippen LogP contribution in [0.5, 0.6) is 0 Å². The number of ether oxygens (including phenoxy) is 2. The first-order valence-corrected chi connectivity index (χ1v) is 13.3. The number of carbonyl (C=O) groups is 2. The van der Waals surface area contributed by atoms with Crippen LogP contribution in [0, 0.1) is 0 Å². The molecule has 2 atom stereocenters. The molecule has 2 unspecified atom stereocenters. The summed E-state index contributed by atoms with van der Waals surface area (Å²) in [7, 11) is -6.24. The number of methoxy groups -OCH3 is 2. The summed E-state index contributed by atoms with van der Waals surface area (Å²) < 4.78 is 45.2. The van der Waals surface area contributed by atoms with Gasteiger partial charge in [0.05, 0.1) is 14.2 Å². The van der Waals surface area contributed by atoms with Gasteiger partial charge in [0.1, 0.15) is 23.2 Å². The van der Waals surface area contributed by atoms with Crippen LogP contribution in [0.25, 0.3) is 0 Å². The molecular formula is C24H24O7PS+. The Morgan fingerprint density at radius 2 is 1.03 bits per heavy atom. The Kier molecular flexibility index (Phi) is 7.64. The van der Waals surface area contributed by atoms with Gasteiger partial charge < -0.3 is 9.47 Å². The van der Waals surface area contributed by atoms with E-state index in [2.05, 4.69) is 0 Å². The fourth-order valence-corrected chi connectivity index (χ4v) is 10.6. The Hall–Kier alpha value is -3.06. The van der Waals surface area contributed by atoms with E-state index in [1.807, 2.05) is 0 Å². The first-order chi connectivity index (χ1) is 15.8. The van der Waals surface area contributed by atoms with Crippen LogP contribution < -0.4 is 15.9 Å². The van der Waals surface area contributed by atoms with Crippen LogP contribution >= 0.6 is 7.26 Å². The lowest BCUT2D eigenvalue weighted by molar-refractivity contribution is -0.146. The van der Waals surface area contributed by atoms with Gasteiger partial charge in [0.15, 0.2) is 0 Å². The summed E-state index contributed by atoms with van der Waals surface area (Å²) in [5.74, 6) is -2.20. The van der Waals surface area contributed by atoms with Crippen molar-refractivity contribution in [2.24, 2.45) is 0 Å². The third-order valence-electron chi connectivity index (χ3n) is 5.39. The number of hydrogen-bond acceptors (Lipinski definition) is 6. The number of hydrogen-bond donors (Lipinski definition) is 1. The van der Waals surface area contributed by atoms with Gasteiger partial charge in [-0.2, -0.15) is 8.42 Å². The lowest BCUT2D eigenvalue weighted by atomic mass is 10.3. The topological polar surface area (TPSA) is 107 Å². The second kappa shape index (κ2) is 10.3. The van der Waals surface area contributed by atoms with E-state index < -0.39 is 40.2 Å². The molecule has 0 saturated carbocycles. The van der Waals surface area contributed by atoms with Crippen LogP contribution in [0.2, 0.25) is 0 Å². The third kappa shape index (κ3) is 4.69. The molecule has 0 bridgehead atoms. The van der Waals surface area contributed by atoms with Crippen LogP contribution in [-0.4, -0.2) is 50.0 Å². The molecule has 0 saturated heterocycles. The van der Waals surface area contributed by atoms with Crippen molar-refractivity contribution in [2.75, 3.05) is 14.2 Å². The lowest BCUT2D eigenvalue weighted by Gasteiger charge is -2.35. The molecule has 0 aliphatic heterocycles. The van der Waals surface area contributed by atoms with Crippen molar-refractivity contribution in [1.29, 1.82) is 0 Å². The molecule has 0 fully saturated rings. The number of rotatable bonds is 8. The number of carbonyl (C=O) groups excluding carboxylic acids is 2. The zero-order valence-electron chi connectivity index (χ0n) is 18.1. The van der Waals surface area contributed by atoms with Crippen molar-refractivity contribution in [3.63, 3.8) is 0 Å². The molecule has 7 nitrogen and oxygen atoms in total. The second-order valence-electron chi connectivity index (χ2n) is 7.16. The van der Waals surface area contributed by atoms with E-state index in [1.165, 1.54) is 0 Å². The van der Waals surface area contributed by atoms with E-state index in [4.69, 9.17) is 9.47 Å². The maximum atomic E-state index is 13.4.